The minimum Gasteiger partial charge on any atom is -0.497 e. The molecule has 4 rings (SSSR count). The number of benzene rings is 4. The quantitative estimate of drug-likeness (QED) is 0.197. The first-order valence-electron chi connectivity index (χ1n) is 14.7. The number of amides is 2. The fourth-order valence-corrected chi connectivity index (χ4v) is 6.35. The van der Waals surface area contributed by atoms with Crippen LogP contribution in [0.4, 0.5) is 5.69 Å². The molecule has 0 bridgehead atoms. The molecule has 0 aliphatic rings. The van der Waals surface area contributed by atoms with Crippen LogP contribution in [0.2, 0.25) is 0 Å². The van der Waals surface area contributed by atoms with Crippen molar-refractivity contribution in [1.29, 1.82) is 0 Å². The van der Waals surface area contributed by atoms with Crippen LogP contribution in [0.25, 0.3) is 0 Å². The van der Waals surface area contributed by atoms with Crippen LogP contribution < -0.4 is 19.1 Å². The van der Waals surface area contributed by atoms with Crippen molar-refractivity contribution in [3.8, 4) is 11.5 Å². The molecule has 0 spiro atoms. The van der Waals surface area contributed by atoms with Gasteiger partial charge in [0.05, 0.1) is 24.8 Å². The molecule has 0 radical (unpaired) electrons. The minimum absolute atomic E-state index is 0.0295. The van der Waals surface area contributed by atoms with Gasteiger partial charge in [0.1, 0.15) is 24.1 Å². The molecule has 0 aliphatic carbocycles. The molecular formula is C35H39N3O6S. The number of anilines is 1. The molecule has 45 heavy (non-hydrogen) atoms. The molecule has 2 amide bonds. The maximum absolute atomic E-state index is 14.5. The highest BCUT2D eigenvalue weighted by Crippen LogP contribution is 2.33. The van der Waals surface area contributed by atoms with Crippen molar-refractivity contribution in [2.75, 3.05) is 31.6 Å². The molecule has 236 valence electrons. The first kappa shape index (κ1) is 33.1. The topological polar surface area (TPSA) is 105 Å². The SMILES string of the molecule is CCCNC(=O)C(Cc1ccccc1)N(Cc1ccccc1)C(=O)CN(c1ccccc1OC)S(=O)(=O)c1ccc(OC)cc1. The number of carbonyl (C=O) groups is 2. The molecule has 0 aromatic heterocycles. The molecule has 0 heterocycles. The Morgan fingerprint density at radius 1 is 0.778 bits per heavy atom. The van der Waals surface area contributed by atoms with Gasteiger partial charge in [0, 0.05) is 19.5 Å². The number of para-hydroxylation sites is 2. The predicted molar refractivity (Wildman–Crippen MR) is 175 cm³/mol. The van der Waals surface area contributed by atoms with Gasteiger partial charge in [-0.25, -0.2) is 8.42 Å². The molecule has 1 unspecified atom stereocenters. The summed E-state index contributed by atoms with van der Waals surface area (Å²) in [5.74, 6) is -0.0930. The molecule has 4 aromatic rings. The van der Waals surface area contributed by atoms with Crippen molar-refractivity contribution >= 4 is 27.5 Å². The zero-order valence-electron chi connectivity index (χ0n) is 25.8. The molecule has 0 saturated carbocycles. The van der Waals surface area contributed by atoms with Crippen molar-refractivity contribution in [3.63, 3.8) is 0 Å². The van der Waals surface area contributed by atoms with E-state index in [0.29, 0.717) is 12.3 Å². The number of carbonyl (C=O) groups excluding carboxylic acids is 2. The Kier molecular flexibility index (Phi) is 11.6. The van der Waals surface area contributed by atoms with Gasteiger partial charge in [0.15, 0.2) is 0 Å². The van der Waals surface area contributed by atoms with Crippen molar-refractivity contribution in [1.82, 2.24) is 10.2 Å². The number of nitrogens with one attached hydrogen (secondary N) is 1. The van der Waals surface area contributed by atoms with Crippen LogP contribution in [0.3, 0.4) is 0 Å². The van der Waals surface area contributed by atoms with E-state index in [1.807, 2.05) is 67.6 Å². The standard InChI is InChI=1S/C35H39N3O6S/c1-4-23-36-35(40)32(24-27-13-7-5-8-14-27)37(25-28-15-9-6-10-16-28)34(39)26-38(31-17-11-12-18-33(31)44-3)45(41,42)30-21-19-29(43-2)20-22-30/h5-22,32H,4,23-26H2,1-3H3,(H,36,40). The number of rotatable bonds is 15. The summed E-state index contributed by atoms with van der Waals surface area (Å²) in [7, 11) is -1.35. The third-order valence-corrected chi connectivity index (χ3v) is 9.07. The van der Waals surface area contributed by atoms with Gasteiger partial charge >= 0.3 is 0 Å². The number of hydrogen-bond donors (Lipinski definition) is 1. The summed E-state index contributed by atoms with van der Waals surface area (Å²) in [6, 6.07) is 30.4. The van der Waals surface area contributed by atoms with Crippen LogP contribution in [0.5, 0.6) is 11.5 Å². The van der Waals surface area contributed by atoms with E-state index in [1.165, 1.54) is 31.3 Å². The maximum atomic E-state index is 14.5. The Balaban J connectivity index is 1.81. The molecule has 0 saturated heterocycles. The second-order valence-electron chi connectivity index (χ2n) is 10.4. The van der Waals surface area contributed by atoms with Crippen LogP contribution in [-0.2, 0) is 32.6 Å². The Labute approximate surface area is 265 Å². The van der Waals surface area contributed by atoms with Gasteiger partial charge in [-0.1, -0.05) is 79.7 Å². The average molecular weight is 630 g/mol. The van der Waals surface area contributed by atoms with Crippen LogP contribution in [0, 0.1) is 0 Å². The van der Waals surface area contributed by atoms with Crippen molar-refractivity contribution in [2.45, 2.75) is 37.2 Å². The lowest BCUT2D eigenvalue weighted by molar-refractivity contribution is -0.140. The number of hydrogen-bond acceptors (Lipinski definition) is 6. The fraction of sp³-hybridized carbons (Fsp3) is 0.257. The summed E-state index contributed by atoms with van der Waals surface area (Å²) >= 11 is 0. The second-order valence-corrected chi connectivity index (χ2v) is 12.2. The zero-order chi connectivity index (χ0) is 32.2. The first-order valence-corrected chi connectivity index (χ1v) is 16.2. The third-order valence-electron chi connectivity index (χ3n) is 7.30. The van der Waals surface area contributed by atoms with Crippen molar-refractivity contribution < 1.29 is 27.5 Å². The summed E-state index contributed by atoms with van der Waals surface area (Å²) in [6.07, 6.45) is 0.965. The van der Waals surface area contributed by atoms with E-state index in [9.17, 15) is 18.0 Å². The second kappa shape index (κ2) is 15.8. The number of sulfonamides is 1. The zero-order valence-corrected chi connectivity index (χ0v) is 26.6. The van der Waals surface area contributed by atoms with E-state index < -0.39 is 28.5 Å². The highest BCUT2D eigenvalue weighted by Gasteiger charge is 2.35. The minimum atomic E-state index is -4.28. The van der Waals surface area contributed by atoms with Gasteiger partial charge < -0.3 is 19.7 Å². The van der Waals surface area contributed by atoms with E-state index in [-0.39, 0.29) is 35.2 Å². The van der Waals surface area contributed by atoms with Crippen LogP contribution >= 0.6 is 0 Å². The fourth-order valence-electron chi connectivity index (χ4n) is 4.92. The Morgan fingerprint density at radius 2 is 1.38 bits per heavy atom. The molecule has 10 heteroatoms. The maximum Gasteiger partial charge on any atom is 0.264 e. The largest absolute Gasteiger partial charge is 0.497 e. The van der Waals surface area contributed by atoms with E-state index in [4.69, 9.17) is 9.47 Å². The number of ether oxygens (including phenoxy) is 2. The Hall–Kier alpha value is -4.83. The van der Waals surface area contributed by atoms with Crippen molar-refractivity contribution in [2.24, 2.45) is 0 Å². The predicted octanol–water partition coefficient (Wildman–Crippen LogP) is 5.07. The van der Waals surface area contributed by atoms with Crippen LogP contribution in [0.15, 0.2) is 114 Å². The van der Waals surface area contributed by atoms with Gasteiger partial charge in [-0.2, -0.15) is 0 Å². The smallest absolute Gasteiger partial charge is 0.264 e. The molecule has 0 aliphatic heterocycles. The summed E-state index contributed by atoms with van der Waals surface area (Å²) in [5.41, 5.74) is 1.86. The summed E-state index contributed by atoms with van der Waals surface area (Å²) in [5, 5.41) is 2.95. The highest BCUT2D eigenvalue weighted by molar-refractivity contribution is 7.92. The Bertz CT molecular complexity index is 1650. The number of nitrogens with zero attached hydrogens (tertiary/aromatic N) is 2. The molecule has 9 nitrogen and oxygen atoms in total. The lowest BCUT2D eigenvalue weighted by Crippen LogP contribution is -2.53. The van der Waals surface area contributed by atoms with Gasteiger partial charge in [-0.15, -0.1) is 0 Å². The molecule has 1 atom stereocenters. The summed E-state index contributed by atoms with van der Waals surface area (Å²) < 4.78 is 40.2. The van der Waals surface area contributed by atoms with Gasteiger partial charge in [-0.05, 0) is 53.9 Å². The molecule has 1 N–H and O–H groups in total. The normalized spacial score (nSPS) is 11.7. The van der Waals surface area contributed by atoms with Crippen molar-refractivity contribution in [3.05, 3.63) is 120 Å². The molecular weight excluding hydrogens is 590 g/mol. The summed E-state index contributed by atoms with van der Waals surface area (Å²) in [6.45, 7) is 1.91. The molecule has 0 fully saturated rings. The highest BCUT2D eigenvalue weighted by atomic mass is 32.2. The lowest BCUT2D eigenvalue weighted by atomic mass is 10.0. The van der Waals surface area contributed by atoms with E-state index in [2.05, 4.69) is 5.32 Å². The van der Waals surface area contributed by atoms with E-state index in [0.717, 1.165) is 21.9 Å². The monoisotopic (exact) mass is 629 g/mol. The van der Waals surface area contributed by atoms with Crippen LogP contribution in [0.1, 0.15) is 24.5 Å². The lowest BCUT2D eigenvalue weighted by Gasteiger charge is -2.34. The third kappa shape index (κ3) is 8.42. The number of methoxy groups -OCH3 is 2. The van der Waals surface area contributed by atoms with Crippen LogP contribution in [-0.4, -0.2) is 58.5 Å². The van der Waals surface area contributed by atoms with Gasteiger partial charge in [-0.3, -0.25) is 13.9 Å². The first-order chi connectivity index (χ1) is 21.8. The van der Waals surface area contributed by atoms with E-state index in [1.54, 1.807) is 36.4 Å². The van der Waals surface area contributed by atoms with Gasteiger partial charge in [0.2, 0.25) is 11.8 Å². The average Bonchev–Trinajstić information content (AvgIpc) is 3.08. The van der Waals surface area contributed by atoms with E-state index >= 15 is 0 Å². The molecule has 4 aromatic carbocycles. The summed E-state index contributed by atoms with van der Waals surface area (Å²) in [4.78, 5) is 29.6. The van der Waals surface area contributed by atoms with Gasteiger partial charge in [0.25, 0.3) is 10.0 Å². The Morgan fingerprint density at radius 3 is 1.98 bits per heavy atom.